The number of benzene rings is 2. The van der Waals surface area contributed by atoms with Crippen molar-refractivity contribution in [2.75, 3.05) is 13.9 Å². The Morgan fingerprint density at radius 2 is 1.32 bits per heavy atom. The molecule has 0 saturated carbocycles. The predicted octanol–water partition coefficient (Wildman–Crippen LogP) is 6.60. The van der Waals surface area contributed by atoms with E-state index in [1.165, 1.54) is 7.11 Å². The van der Waals surface area contributed by atoms with Crippen molar-refractivity contribution in [1.82, 2.24) is 0 Å². The predicted molar refractivity (Wildman–Crippen MR) is 114 cm³/mol. The van der Waals surface area contributed by atoms with E-state index in [-0.39, 0.29) is 12.2 Å². The maximum absolute atomic E-state index is 14.5. The average molecular weight is 462 g/mol. The van der Waals surface area contributed by atoms with Gasteiger partial charge in [-0.2, -0.15) is 0 Å². The number of hydrogen-bond acceptors (Lipinski definition) is 2. The Morgan fingerprint density at radius 3 is 1.77 bits per heavy atom. The molecule has 2 unspecified atom stereocenters. The molecule has 2 aromatic rings. The summed E-state index contributed by atoms with van der Waals surface area (Å²) in [4.78, 5) is 0. The standard InChI is InChI=1S/C23H28F5O2P/c1-8-23(6,31-21-18(27)16(25)15(24)17(26)19(21)28)14-10-12(2)9-13(22(3,4)5)20(14)30-11-29-7/h9-10,31H,8,11H2,1-7H3. The lowest BCUT2D eigenvalue weighted by molar-refractivity contribution is 0.0487. The molecule has 0 aromatic heterocycles. The molecular weight excluding hydrogens is 434 g/mol. The zero-order valence-corrected chi connectivity index (χ0v) is 19.8. The maximum Gasteiger partial charge on any atom is 0.200 e. The Bertz CT molecular complexity index is 943. The van der Waals surface area contributed by atoms with Gasteiger partial charge in [-0.15, -0.1) is 0 Å². The van der Waals surface area contributed by atoms with E-state index in [0.717, 1.165) is 11.1 Å². The highest BCUT2D eigenvalue weighted by Gasteiger charge is 2.36. The smallest absolute Gasteiger partial charge is 0.200 e. The molecule has 0 fully saturated rings. The first-order valence-electron chi connectivity index (χ1n) is 9.85. The van der Waals surface area contributed by atoms with Crippen LogP contribution in [-0.4, -0.2) is 13.9 Å². The first-order valence-corrected chi connectivity index (χ1v) is 10.8. The summed E-state index contributed by atoms with van der Waals surface area (Å²) in [6.07, 6.45) is 0.376. The van der Waals surface area contributed by atoms with Crippen molar-refractivity contribution in [2.24, 2.45) is 0 Å². The first-order chi connectivity index (χ1) is 14.3. The molecule has 0 radical (unpaired) electrons. The lowest BCUT2D eigenvalue weighted by Crippen LogP contribution is -2.26. The van der Waals surface area contributed by atoms with Crippen LogP contribution in [0.5, 0.6) is 5.75 Å². The van der Waals surface area contributed by atoms with Crippen LogP contribution in [0.4, 0.5) is 22.0 Å². The van der Waals surface area contributed by atoms with Crippen LogP contribution >= 0.6 is 8.58 Å². The number of aryl methyl sites for hydroxylation is 1. The maximum atomic E-state index is 14.5. The molecule has 172 valence electrons. The summed E-state index contributed by atoms with van der Waals surface area (Å²) >= 11 is 0. The quantitative estimate of drug-likeness (QED) is 0.152. The van der Waals surface area contributed by atoms with Crippen LogP contribution in [0.2, 0.25) is 0 Å². The highest BCUT2D eigenvalue weighted by atomic mass is 31.1. The van der Waals surface area contributed by atoms with Crippen LogP contribution in [-0.2, 0) is 15.3 Å². The third-order valence-electron chi connectivity index (χ3n) is 5.27. The van der Waals surface area contributed by atoms with E-state index in [1.54, 1.807) is 13.8 Å². The molecule has 0 aliphatic carbocycles. The van der Waals surface area contributed by atoms with Gasteiger partial charge >= 0.3 is 0 Å². The number of ether oxygens (including phenoxy) is 2. The van der Waals surface area contributed by atoms with Crippen LogP contribution in [0.3, 0.4) is 0 Å². The van der Waals surface area contributed by atoms with Crippen LogP contribution in [0.1, 0.15) is 57.7 Å². The van der Waals surface area contributed by atoms with Gasteiger partial charge in [-0.3, -0.25) is 0 Å². The molecular formula is C23H28F5O2P. The number of methoxy groups -OCH3 is 1. The van der Waals surface area contributed by atoms with Crippen molar-refractivity contribution >= 4 is 13.9 Å². The van der Waals surface area contributed by atoms with Gasteiger partial charge in [-0.25, -0.2) is 22.0 Å². The Morgan fingerprint density at radius 1 is 0.839 bits per heavy atom. The van der Waals surface area contributed by atoms with Gasteiger partial charge < -0.3 is 9.47 Å². The third-order valence-corrected chi connectivity index (χ3v) is 7.14. The van der Waals surface area contributed by atoms with Crippen molar-refractivity contribution in [3.63, 3.8) is 0 Å². The van der Waals surface area contributed by atoms with Gasteiger partial charge in [0, 0.05) is 23.4 Å². The second-order valence-corrected chi connectivity index (χ2v) is 10.6. The van der Waals surface area contributed by atoms with Crippen LogP contribution in [0.15, 0.2) is 12.1 Å². The van der Waals surface area contributed by atoms with Crippen molar-refractivity contribution in [3.05, 3.63) is 57.9 Å². The van der Waals surface area contributed by atoms with Crippen molar-refractivity contribution < 1.29 is 31.4 Å². The Balaban J connectivity index is 2.77. The topological polar surface area (TPSA) is 18.5 Å². The Hall–Kier alpha value is -1.72. The second-order valence-electron chi connectivity index (χ2n) is 8.75. The van der Waals surface area contributed by atoms with Gasteiger partial charge in [0.15, 0.2) is 30.1 Å². The fraction of sp³-hybridized carbons (Fsp3) is 0.478. The SMILES string of the molecule is CCC(C)(Pc1c(F)c(F)c(F)c(F)c1F)c1cc(C)cc(C(C)(C)C)c1OCOC. The van der Waals surface area contributed by atoms with Crippen molar-refractivity contribution in [1.29, 1.82) is 0 Å². The minimum atomic E-state index is -2.16. The van der Waals surface area contributed by atoms with Gasteiger partial charge in [0.2, 0.25) is 5.82 Å². The second kappa shape index (κ2) is 9.41. The van der Waals surface area contributed by atoms with Gasteiger partial charge in [0.1, 0.15) is 5.75 Å². The molecule has 0 saturated heterocycles. The average Bonchev–Trinajstić information content (AvgIpc) is 2.71. The summed E-state index contributed by atoms with van der Waals surface area (Å²) in [5, 5.41) is -1.76. The largest absolute Gasteiger partial charge is 0.467 e. The highest BCUT2D eigenvalue weighted by molar-refractivity contribution is 7.48. The van der Waals surface area contributed by atoms with Crippen molar-refractivity contribution in [2.45, 2.75) is 58.5 Å². The minimum absolute atomic E-state index is 0.0510. The lowest BCUT2D eigenvalue weighted by Gasteiger charge is -2.34. The van der Waals surface area contributed by atoms with Crippen LogP contribution < -0.4 is 10.0 Å². The first kappa shape index (κ1) is 25.5. The fourth-order valence-corrected chi connectivity index (χ4v) is 4.84. The van der Waals surface area contributed by atoms with Crippen LogP contribution in [0, 0.1) is 36.0 Å². The minimum Gasteiger partial charge on any atom is -0.467 e. The molecule has 2 nitrogen and oxygen atoms in total. The summed E-state index contributed by atoms with van der Waals surface area (Å²) in [6.45, 7) is 11.4. The summed E-state index contributed by atoms with van der Waals surface area (Å²) in [5.74, 6) is -9.11. The van der Waals surface area contributed by atoms with Crippen molar-refractivity contribution in [3.8, 4) is 5.75 Å². The molecule has 0 spiro atoms. The normalized spacial score (nSPS) is 14.3. The molecule has 0 heterocycles. The summed E-state index contributed by atoms with van der Waals surface area (Å²) < 4.78 is 81.1. The third kappa shape index (κ3) is 5.04. The fourth-order valence-electron chi connectivity index (χ4n) is 3.35. The molecule has 2 aromatic carbocycles. The molecule has 2 rings (SSSR count). The van der Waals surface area contributed by atoms with E-state index in [0.29, 0.717) is 17.7 Å². The van der Waals surface area contributed by atoms with Gasteiger partial charge in [-0.05, 0) is 18.8 Å². The highest BCUT2D eigenvalue weighted by Crippen LogP contribution is 2.51. The molecule has 0 amide bonds. The summed E-state index contributed by atoms with van der Waals surface area (Å²) in [7, 11) is 0.745. The molecule has 0 aliphatic heterocycles. The van der Waals surface area contributed by atoms with Gasteiger partial charge in [0.05, 0.1) is 5.30 Å². The lowest BCUT2D eigenvalue weighted by atomic mass is 9.81. The number of hydrogen-bond donors (Lipinski definition) is 0. The Kier molecular flexibility index (Phi) is 7.76. The van der Waals surface area contributed by atoms with E-state index < -0.39 is 48.1 Å². The van der Waals surface area contributed by atoms with Crippen LogP contribution in [0.25, 0.3) is 0 Å². The van der Waals surface area contributed by atoms with Gasteiger partial charge in [0.25, 0.3) is 0 Å². The molecule has 0 aliphatic rings. The number of halogens is 5. The molecule has 0 N–H and O–H groups in total. The van der Waals surface area contributed by atoms with E-state index in [9.17, 15) is 22.0 Å². The molecule has 31 heavy (non-hydrogen) atoms. The Labute approximate surface area is 181 Å². The van der Waals surface area contributed by atoms with E-state index in [2.05, 4.69) is 0 Å². The monoisotopic (exact) mass is 462 g/mol. The van der Waals surface area contributed by atoms with E-state index in [4.69, 9.17) is 9.47 Å². The molecule has 0 bridgehead atoms. The van der Waals surface area contributed by atoms with E-state index >= 15 is 0 Å². The summed E-state index contributed by atoms with van der Waals surface area (Å²) in [6, 6.07) is 3.80. The van der Waals surface area contributed by atoms with Gasteiger partial charge in [-0.1, -0.05) is 60.9 Å². The molecule has 2 atom stereocenters. The zero-order chi connectivity index (χ0) is 23.7. The molecule has 8 heteroatoms. The van der Waals surface area contributed by atoms with E-state index in [1.807, 2.05) is 39.8 Å². The number of rotatable bonds is 7. The zero-order valence-electron chi connectivity index (χ0n) is 18.8. The summed E-state index contributed by atoms with van der Waals surface area (Å²) in [5.41, 5.74) is 2.07.